The highest BCUT2D eigenvalue weighted by Gasteiger charge is 2.19. The number of fused-ring (bicyclic) bond motifs is 1. The molecule has 0 atom stereocenters. The van der Waals surface area contributed by atoms with E-state index in [-0.39, 0.29) is 34.5 Å². The number of nitrogens with one attached hydrogen (secondary N) is 2. The Kier molecular flexibility index (Phi) is 6.09. The molecule has 0 aliphatic rings. The van der Waals surface area contributed by atoms with Gasteiger partial charge in [-0.25, -0.2) is 4.39 Å². The number of carbonyl (C=O) groups excluding carboxylic acids is 1. The zero-order valence-electron chi connectivity index (χ0n) is 15.8. The van der Waals surface area contributed by atoms with Crippen molar-refractivity contribution in [3.05, 3.63) is 86.2 Å². The molecule has 0 unspecified atom stereocenters. The number of nitrogens with two attached hydrogens (primary N) is 1. The second-order valence-electron chi connectivity index (χ2n) is 6.71. The first-order valence-electron chi connectivity index (χ1n) is 9.08. The number of benzene rings is 3. The van der Waals surface area contributed by atoms with Crippen LogP contribution in [0.5, 0.6) is 11.5 Å². The first-order chi connectivity index (χ1) is 14.8. The first kappa shape index (κ1) is 21.5. The van der Waals surface area contributed by atoms with Crippen LogP contribution in [0.15, 0.2) is 59.1 Å². The van der Waals surface area contributed by atoms with Gasteiger partial charge in [0.1, 0.15) is 11.4 Å². The summed E-state index contributed by atoms with van der Waals surface area (Å²) in [7, 11) is 0. The van der Waals surface area contributed by atoms with Crippen molar-refractivity contribution in [1.29, 1.82) is 0 Å². The van der Waals surface area contributed by atoms with Crippen LogP contribution in [-0.4, -0.2) is 10.9 Å². The van der Waals surface area contributed by atoms with E-state index in [4.69, 9.17) is 33.7 Å². The number of carbonyl (C=O) groups is 1. The molecule has 3 aromatic carbocycles. The van der Waals surface area contributed by atoms with Crippen molar-refractivity contribution >= 4 is 61.6 Å². The molecule has 31 heavy (non-hydrogen) atoms. The summed E-state index contributed by atoms with van der Waals surface area (Å²) in [6.07, 6.45) is 0. The largest absolute Gasteiger partial charge is 0.453 e. The van der Waals surface area contributed by atoms with E-state index >= 15 is 4.39 Å². The quantitative estimate of drug-likeness (QED) is 0.256. The molecule has 0 fully saturated rings. The van der Waals surface area contributed by atoms with Gasteiger partial charge in [-0.15, -0.1) is 0 Å². The fourth-order valence-electron chi connectivity index (χ4n) is 3.09. The Labute approximate surface area is 195 Å². The van der Waals surface area contributed by atoms with Crippen molar-refractivity contribution < 1.29 is 13.9 Å². The van der Waals surface area contributed by atoms with E-state index in [1.54, 1.807) is 6.07 Å². The molecule has 5 nitrogen and oxygen atoms in total. The van der Waals surface area contributed by atoms with Crippen molar-refractivity contribution in [2.24, 2.45) is 0 Å². The third-order valence-electron chi connectivity index (χ3n) is 4.55. The molecule has 4 N–H and O–H groups in total. The highest BCUT2D eigenvalue weighted by atomic mass is 79.9. The zero-order chi connectivity index (χ0) is 22.1. The first-order valence-corrected chi connectivity index (χ1v) is 10.6. The van der Waals surface area contributed by atoms with Gasteiger partial charge in [0.05, 0.1) is 9.50 Å². The molecule has 1 aromatic heterocycles. The molecule has 0 bridgehead atoms. The topological polar surface area (TPSA) is 80.1 Å². The number of aromatic amines is 1. The molecule has 0 aliphatic carbocycles. The van der Waals surface area contributed by atoms with Gasteiger partial charge in [0.2, 0.25) is 0 Å². The predicted molar refractivity (Wildman–Crippen MR) is 125 cm³/mol. The van der Waals surface area contributed by atoms with E-state index in [9.17, 15) is 4.79 Å². The van der Waals surface area contributed by atoms with Crippen molar-refractivity contribution in [2.75, 3.05) is 5.73 Å². The molecule has 4 aromatic rings. The molecule has 0 spiro atoms. The molecule has 0 radical (unpaired) electrons. The van der Waals surface area contributed by atoms with E-state index in [1.807, 2.05) is 24.3 Å². The van der Waals surface area contributed by atoms with E-state index in [2.05, 4.69) is 26.2 Å². The molecule has 0 aliphatic heterocycles. The average molecular weight is 523 g/mol. The van der Waals surface area contributed by atoms with Crippen LogP contribution in [0.3, 0.4) is 0 Å². The molecular formula is C22H15BrCl2FN3O2. The van der Waals surface area contributed by atoms with E-state index in [0.717, 1.165) is 10.9 Å². The van der Waals surface area contributed by atoms with Crippen LogP contribution in [0.4, 0.5) is 10.1 Å². The third kappa shape index (κ3) is 4.49. The summed E-state index contributed by atoms with van der Waals surface area (Å²) in [6, 6.07) is 15.0. The fourth-order valence-corrected chi connectivity index (χ4v) is 4.14. The van der Waals surface area contributed by atoms with Gasteiger partial charge in [0.15, 0.2) is 11.6 Å². The van der Waals surface area contributed by atoms with Crippen molar-refractivity contribution in [1.82, 2.24) is 10.3 Å². The maximum absolute atomic E-state index is 15.1. The SMILES string of the molecule is Nc1cc(Cl)cc(Oc2c(Cl)ccc(CNC(=O)c3[nH]c4ccccc4c3Br)c2F)c1. The Morgan fingerprint density at radius 1 is 1.16 bits per heavy atom. The van der Waals surface area contributed by atoms with E-state index in [1.165, 1.54) is 24.3 Å². The third-order valence-corrected chi connectivity index (χ3v) is 5.89. The maximum Gasteiger partial charge on any atom is 0.269 e. The number of anilines is 1. The van der Waals surface area contributed by atoms with Crippen LogP contribution in [0.25, 0.3) is 10.9 Å². The number of halogens is 4. The summed E-state index contributed by atoms with van der Waals surface area (Å²) in [5.41, 5.74) is 7.48. The summed E-state index contributed by atoms with van der Waals surface area (Å²) in [5, 5.41) is 4.00. The van der Waals surface area contributed by atoms with Crippen molar-refractivity contribution in [2.45, 2.75) is 6.54 Å². The normalized spacial score (nSPS) is 11.0. The van der Waals surface area contributed by atoms with Gasteiger partial charge in [-0.1, -0.05) is 47.5 Å². The average Bonchev–Trinajstić information content (AvgIpc) is 3.06. The fraction of sp³-hybridized carbons (Fsp3) is 0.0455. The Morgan fingerprint density at radius 3 is 2.68 bits per heavy atom. The van der Waals surface area contributed by atoms with Gasteiger partial charge in [-0.2, -0.15) is 0 Å². The number of rotatable bonds is 5. The Hall–Kier alpha value is -2.74. The van der Waals surface area contributed by atoms with Crippen LogP contribution >= 0.6 is 39.1 Å². The molecule has 0 saturated carbocycles. The van der Waals surface area contributed by atoms with Crippen molar-refractivity contribution in [3.63, 3.8) is 0 Å². The highest BCUT2D eigenvalue weighted by Crippen LogP contribution is 2.35. The maximum atomic E-state index is 15.1. The molecule has 9 heteroatoms. The Morgan fingerprint density at radius 2 is 1.94 bits per heavy atom. The number of nitrogen functional groups attached to an aromatic ring is 1. The summed E-state index contributed by atoms with van der Waals surface area (Å²) < 4.78 is 21.3. The number of H-pyrrole nitrogens is 1. The molecule has 1 amide bonds. The number of amides is 1. The van der Waals surface area contributed by atoms with Crippen molar-refractivity contribution in [3.8, 4) is 11.5 Å². The van der Waals surface area contributed by atoms with Crippen LogP contribution in [0.1, 0.15) is 16.1 Å². The Balaban J connectivity index is 1.55. The summed E-state index contributed by atoms with van der Waals surface area (Å²) in [6.45, 7) is -0.0717. The molecule has 1 heterocycles. The van der Waals surface area contributed by atoms with Gasteiger partial charge < -0.3 is 20.8 Å². The minimum atomic E-state index is -0.693. The highest BCUT2D eigenvalue weighted by molar-refractivity contribution is 9.10. The standard InChI is InChI=1S/C22H15BrCl2FN3O2/c23-18-15-3-1-2-4-17(15)29-20(18)22(30)28-10-11-5-6-16(25)21(19(11)26)31-14-8-12(24)7-13(27)9-14/h1-9,29H,10,27H2,(H,28,30). The van der Waals surface area contributed by atoms with E-state index in [0.29, 0.717) is 20.9 Å². The number of hydrogen-bond donors (Lipinski definition) is 3. The van der Waals surface area contributed by atoms with Gasteiger partial charge in [-0.05, 0) is 40.2 Å². The zero-order valence-corrected chi connectivity index (χ0v) is 18.9. The lowest BCUT2D eigenvalue weighted by atomic mass is 10.2. The summed E-state index contributed by atoms with van der Waals surface area (Å²) in [4.78, 5) is 15.7. The summed E-state index contributed by atoms with van der Waals surface area (Å²) >= 11 is 15.5. The lowest BCUT2D eigenvalue weighted by molar-refractivity contribution is 0.0945. The smallest absolute Gasteiger partial charge is 0.269 e. The van der Waals surface area contributed by atoms with Gasteiger partial charge in [-0.3, -0.25) is 4.79 Å². The monoisotopic (exact) mass is 521 g/mol. The van der Waals surface area contributed by atoms with Crippen LogP contribution < -0.4 is 15.8 Å². The molecule has 4 rings (SSSR count). The Bertz CT molecular complexity index is 1290. The van der Waals surface area contributed by atoms with Gasteiger partial charge in [0.25, 0.3) is 5.91 Å². The molecular weight excluding hydrogens is 508 g/mol. The lowest BCUT2D eigenvalue weighted by Gasteiger charge is -2.13. The predicted octanol–water partition coefficient (Wildman–Crippen LogP) is 6.68. The summed E-state index contributed by atoms with van der Waals surface area (Å²) in [5.74, 6) is -1.01. The molecule has 158 valence electrons. The van der Waals surface area contributed by atoms with Crippen LogP contribution in [-0.2, 0) is 6.54 Å². The minimum Gasteiger partial charge on any atom is -0.453 e. The second kappa shape index (κ2) is 8.78. The lowest BCUT2D eigenvalue weighted by Crippen LogP contribution is -2.24. The van der Waals surface area contributed by atoms with E-state index < -0.39 is 5.82 Å². The van der Waals surface area contributed by atoms with Crippen LogP contribution in [0, 0.1) is 5.82 Å². The van der Waals surface area contributed by atoms with Crippen LogP contribution in [0.2, 0.25) is 10.0 Å². The number of para-hydroxylation sites is 1. The molecule has 0 saturated heterocycles. The van der Waals surface area contributed by atoms with Gasteiger partial charge >= 0.3 is 0 Å². The number of aromatic nitrogens is 1. The minimum absolute atomic E-state index is 0.0717. The number of hydrogen-bond acceptors (Lipinski definition) is 3. The van der Waals surface area contributed by atoms with Gasteiger partial charge in [0, 0.05) is 39.8 Å². The number of ether oxygens (including phenoxy) is 1. The second-order valence-corrected chi connectivity index (χ2v) is 8.35.